The smallest absolute Gasteiger partial charge is 0.171 e. The fourth-order valence-corrected chi connectivity index (χ4v) is 3.23. The maximum absolute atomic E-state index is 5.97. The molecule has 19 heavy (non-hydrogen) atoms. The number of rotatable bonds is 5. The first-order chi connectivity index (χ1) is 9.15. The Morgan fingerprint density at radius 2 is 2.16 bits per heavy atom. The van der Waals surface area contributed by atoms with Gasteiger partial charge >= 0.3 is 0 Å². The number of halogens is 2. The summed E-state index contributed by atoms with van der Waals surface area (Å²) in [5, 5.41) is 5.95. The average molecular weight is 361 g/mol. The van der Waals surface area contributed by atoms with Crippen LogP contribution in [0.25, 0.3) is 10.7 Å². The lowest BCUT2D eigenvalue weighted by molar-refractivity contribution is 0.945. The summed E-state index contributed by atoms with van der Waals surface area (Å²) in [4.78, 5) is 10.2. The van der Waals surface area contributed by atoms with Crippen LogP contribution in [0.4, 0.5) is 5.82 Å². The predicted octanol–water partition coefficient (Wildman–Crippen LogP) is 5.01. The van der Waals surface area contributed by atoms with Crippen LogP contribution in [0.5, 0.6) is 0 Å². The third-order valence-corrected chi connectivity index (χ3v) is 4.69. The normalized spacial score (nSPS) is 10.7. The van der Waals surface area contributed by atoms with Crippen molar-refractivity contribution >= 4 is 44.7 Å². The molecule has 0 saturated carbocycles. The number of aromatic nitrogens is 2. The molecule has 0 aliphatic heterocycles. The van der Waals surface area contributed by atoms with Gasteiger partial charge in [0.1, 0.15) is 5.82 Å². The molecule has 3 nitrogen and oxygen atoms in total. The zero-order valence-electron chi connectivity index (χ0n) is 10.8. The first kappa shape index (κ1) is 14.8. The molecule has 0 spiro atoms. The Bertz CT molecular complexity index is 571. The Morgan fingerprint density at radius 3 is 2.74 bits per heavy atom. The highest BCUT2D eigenvalue weighted by Crippen LogP contribution is 2.31. The van der Waals surface area contributed by atoms with Gasteiger partial charge in [0.25, 0.3) is 0 Å². The second-order valence-corrected chi connectivity index (χ2v) is 6.21. The topological polar surface area (TPSA) is 37.8 Å². The van der Waals surface area contributed by atoms with Crippen molar-refractivity contribution in [3.05, 3.63) is 26.6 Å². The molecule has 2 aromatic rings. The Kier molecular flexibility index (Phi) is 5.19. The molecule has 102 valence electrons. The van der Waals surface area contributed by atoms with Crippen LogP contribution in [0, 0.1) is 0 Å². The van der Waals surface area contributed by atoms with Gasteiger partial charge < -0.3 is 5.32 Å². The molecule has 1 N–H and O–H groups in total. The summed E-state index contributed by atoms with van der Waals surface area (Å²) in [6.07, 6.45) is 1.91. The summed E-state index contributed by atoms with van der Waals surface area (Å²) in [6.45, 7) is 5.11. The Hall–Kier alpha value is -0.650. The van der Waals surface area contributed by atoms with Gasteiger partial charge in [-0.3, -0.25) is 0 Å². The van der Waals surface area contributed by atoms with E-state index in [4.69, 9.17) is 11.6 Å². The van der Waals surface area contributed by atoms with Crippen LogP contribution >= 0.6 is 38.9 Å². The third-order valence-electron chi connectivity index (χ3n) is 2.59. The monoisotopic (exact) mass is 359 g/mol. The minimum absolute atomic E-state index is 0.729. The standard InChI is InChI=1S/C13H15BrClN3S/c1-3-5-16-13-11(14)9(4-2)17-12(18-13)10-6-8(15)7-19-10/h6-7H,3-5H2,1-2H3,(H,16,17,18). The summed E-state index contributed by atoms with van der Waals surface area (Å²) in [5.74, 6) is 1.59. The number of nitrogens with one attached hydrogen (secondary N) is 1. The van der Waals surface area contributed by atoms with Crippen molar-refractivity contribution in [3.63, 3.8) is 0 Å². The van der Waals surface area contributed by atoms with Crippen LogP contribution in [0.2, 0.25) is 5.02 Å². The molecule has 0 aliphatic rings. The van der Waals surface area contributed by atoms with E-state index >= 15 is 0 Å². The maximum Gasteiger partial charge on any atom is 0.171 e. The van der Waals surface area contributed by atoms with E-state index < -0.39 is 0 Å². The van der Waals surface area contributed by atoms with Crippen molar-refractivity contribution in [2.75, 3.05) is 11.9 Å². The molecule has 0 saturated heterocycles. The molecule has 2 heterocycles. The van der Waals surface area contributed by atoms with Crippen molar-refractivity contribution in [2.24, 2.45) is 0 Å². The largest absolute Gasteiger partial charge is 0.369 e. The Morgan fingerprint density at radius 1 is 1.37 bits per heavy atom. The van der Waals surface area contributed by atoms with E-state index in [-0.39, 0.29) is 0 Å². The van der Waals surface area contributed by atoms with Crippen molar-refractivity contribution in [1.82, 2.24) is 9.97 Å². The molecule has 0 aliphatic carbocycles. The van der Waals surface area contributed by atoms with Gasteiger partial charge in [0.15, 0.2) is 5.82 Å². The molecular formula is C13H15BrClN3S. The van der Waals surface area contributed by atoms with Gasteiger partial charge in [0.2, 0.25) is 0 Å². The quantitative estimate of drug-likeness (QED) is 0.815. The van der Waals surface area contributed by atoms with E-state index in [0.29, 0.717) is 0 Å². The zero-order chi connectivity index (χ0) is 13.8. The second kappa shape index (κ2) is 6.68. The van der Waals surface area contributed by atoms with Gasteiger partial charge in [-0.05, 0) is 34.8 Å². The number of nitrogens with zero attached hydrogens (tertiary/aromatic N) is 2. The van der Waals surface area contributed by atoms with E-state index in [2.05, 4.69) is 45.1 Å². The third kappa shape index (κ3) is 3.46. The second-order valence-electron chi connectivity index (χ2n) is 4.07. The molecule has 0 amide bonds. The summed E-state index contributed by atoms with van der Waals surface area (Å²) in [6, 6.07) is 1.90. The lowest BCUT2D eigenvalue weighted by Gasteiger charge is -2.11. The number of hydrogen-bond donors (Lipinski definition) is 1. The first-order valence-corrected chi connectivity index (χ1v) is 8.25. The Balaban J connectivity index is 2.44. The summed E-state index contributed by atoms with van der Waals surface area (Å²) >= 11 is 11.1. The minimum Gasteiger partial charge on any atom is -0.369 e. The first-order valence-electron chi connectivity index (χ1n) is 6.20. The molecule has 6 heteroatoms. The average Bonchev–Trinajstić information content (AvgIpc) is 2.84. The van der Waals surface area contributed by atoms with Crippen LogP contribution in [0.15, 0.2) is 15.9 Å². The van der Waals surface area contributed by atoms with Crippen molar-refractivity contribution in [3.8, 4) is 10.7 Å². The van der Waals surface area contributed by atoms with Crippen LogP contribution < -0.4 is 5.32 Å². The minimum atomic E-state index is 0.729. The molecule has 0 fully saturated rings. The van der Waals surface area contributed by atoms with Gasteiger partial charge in [-0.25, -0.2) is 9.97 Å². The van der Waals surface area contributed by atoms with Crippen LogP contribution in [-0.4, -0.2) is 16.5 Å². The zero-order valence-corrected chi connectivity index (χ0v) is 14.0. The van der Waals surface area contributed by atoms with Crippen molar-refractivity contribution < 1.29 is 0 Å². The van der Waals surface area contributed by atoms with Gasteiger partial charge in [0.05, 0.1) is 20.1 Å². The Labute approximate surface area is 130 Å². The molecule has 0 aromatic carbocycles. The molecule has 0 unspecified atom stereocenters. The maximum atomic E-state index is 5.97. The highest BCUT2D eigenvalue weighted by Gasteiger charge is 2.13. The van der Waals surface area contributed by atoms with E-state index in [9.17, 15) is 0 Å². The van der Waals surface area contributed by atoms with Crippen LogP contribution in [-0.2, 0) is 6.42 Å². The fraction of sp³-hybridized carbons (Fsp3) is 0.385. The van der Waals surface area contributed by atoms with Gasteiger partial charge in [-0.1, -0.05) is 25.4 Å². The number of thiophene rings is 1. The van der Waals surface area contributed by atoms with E-state index in [1.807, 2.05) is 11.4 Å². The lowest BCUT2D eigenvalue weighted by atomic mass is 10.3. The molecule has 2 rings (SSSR count). The predicted molar refractivity (Wildman–Crippen MR) is 86.2 cm³/mol. The van der Waals surface area contributed by atoms with Crippen LogP contribution in [0.1, 0.15) is 26.0 Å². The highest BCUT2D eigenvalue weighted by molar-refractivity contribution is 9.10. The number of hydrogen-bond acceptors (Lipinski definition) is 4. The molecule has 0 atom stereocenters. The molecular weight excluding hydrogens is 346 g/mol. The summed E-state index contributed by atoms with van der Waals surface area (Å²) < 4.78 is 0.954. The fourth-order valence-electron chi connectivity index (χ4n) is 1.63. The summed E-state index contributed by atoms with van der Waals surface area (Å²) in [7, 11) is 0. The molecule has 2 aromatic heterocycles. The molecule has 0 radical (unpaired) electrons. The molecule has 0 bridgehead atoms. The van der Waals surface area contributed by atoms with E-state index in [0.717, 1.165) is 51.1 Å². The number of anilines is 1. The van der Waals surface area contributed by atoms with Crippen molar-refractivity contribution in [1.29, 1.82) is 0 Å². The highest BCUT2D eigenvalue weighted by atomic mass is 79.9. The number of aryl methyl sites for hydroxylation is 1. The SMILES string of the molecule is CCCNc1nc(-c2cc(Cl)cs2)nc(CC)c1Br. The van der Waals surface area contributed by atoms with Gasteiger partial charge in [-0.15, -0.1) is 11.3 Å². The van der Waals surface area contributed by atoms with E-state index in [1.54, 1.807) is 11.3 Å². The summed E-state index contributed by atoms with van der Waals surface area (Å²) in [5.41, 5.74) is 1.01. The van der Waals surface area contributed by atoms with Gasteiger partial charge in [-0.2, -0.15) is 0 Å². The van der Waals surface area contributed by atoms with Gasteiger partial charge in [0, 0.05) is 11.9 Å². The van der Waals surface area contributed by atoms with E-state index in [1.165, 1.54) is 0 Å². The lowest BCUT2D eigenvalue weighted by Crippen LogP contribution is -2.06. The van der Waals surface area contributed by atoms with Crippen molar-refractivity contribution in [2.45, 2.75) is 26.7 Å². The van der Waals surface area contributed by atoms with Crippen LogP contribution in [0.3, 0.4) is 0 Å².